The van der Waals surface area contributed by atoms with Crippen LogP contribution in [0.4, 0.5) is 0 Å². The van der Waals surface area contributed by atoms with Crippen molar-refractivity contribution in [3.63, 3.8) is 0 Å². The molecular formula is C20H28N2O3S. The van der Waals surface area contributed by atoms with Crippen molar-refractivity contribution in [2.75, 3.05) is 20.8 Å². The second-order valence-corrected chi connectivity index (χ2v) is 7.01. The molecule has 0 fully saturated rings. The molecule has 2 N–H and O–H groups in total. The number of rotatable bonds is 10. The molecule has 5 nitrogen and oxygen atoms in total. The zero-order valence-electron chi connectivity index (χ0n) is 15.7. The van der Waals surface area contributed by atoms with Gasteiger partial charge in [0.2, 0.25) is 5.91 Å². The standard InChI is InChI=1S/C20H28N2O3S/c1-4-5-17(21)20(23)22(13-16-9-11-26-14-16)10-8-15-6-7-18(24-2)19(12-15)25-3/h6-7,9,11-12,14,17H,4-5,8,10,13,21H2,1-3H3. The van der Waals surface area contributed by atoms with Crippen molar-refractivity contribution >= 4 is 17.2 Å². The number of amides is 1. The van der Waals surface area contributed by atoms with Crippen molar-refractivity contribution in [2.24, 2.45) is 5.73 Å². The minimum absolute atomic E-state index is 0.0125. The Morgan fingerprint density at radius 1 is 1.19 bits per heavy atom. The highest BCUT2D eigenvalue weighted by atomic mass is 32.1. The molecular weight excluding hydrogens is 348 g/mol. The molecule has 2 aromatic rings. The molecule has 0 radical (unpaired) electrons. The van der Waals surface area contributed by atoms with Gasteiger partial charge in [0.15, 0.2) is 11.5 Å². The number of hydrogen-bond donors (Lipinski definition) is 1. The number of thiophene rings is 1. The first-order valence-corrected chi connectivity index (χ1v) is 9.79. The van der Waals surface area contributed by atoms with Crippen LogP contribution in [0.1, 0.15) is 30.9 Å². The van der Waals surface area contributed by atoms with Crippen LogP contribution in [0.2, 0.25) is 0 Å². The Balaban J connectivity index is 2.09. The highest BCUT2D eigenvalue weighted by molar-refractivity contribution is 7.07. The zero-order valence-corrected chi connectivity index (χ0v) is 16.6. The summed E-state index contributed by atoms with van der Waals surface area (Å²) in [5.41, 5.74) is 8.32. The molecule has 0 bridgehead atoms. The molecule has 142 valence electrons. The van der Waals surface area contributed by atoms with Gasteiger partial charge >= 0.3 is 0 Å². The van der Waals surface area contributed by atoms with E-state index in [9.17, 15) is 4.79 Å². The minimum Gasteiger partial charge on any atom is -0.493 e. The van der Waals surface area contributed by atoms with Gasteiger partial charge in [-0.2, -0.15) is 11.3 Å². The monoisotopic (exact) mass is 376 g/mol. The average Bonchev–Trinajstić information content (AvgIpc) is 3.17. The Hall–Kier alpha value is -2.05. The molecule has 6 heteroatoms. The van der Waals surface area contributed by atoms with Crippen molar-refractivity contribution in [1.29, 1.82) is 0 Å². The predicted octanol–water partition coefficient (Wildman–Crippen LogP) is 3.46. The quantitative estimate of drug-likeness (QED) is 0.690. The molecule has 1 heterocycles. The highest BCUT2D eigenvalue weighted by Gasteiger charge is 2.21. The van der Waals surface area contributed by atoms with Gasteiger partial charge in [0.25, 0.3) is 0 Å². The van der Waals surface area contributed by atoms with Crippen LogP contribution in [-0.2, 0) is 17.8 Å². The largest absolute Gasteiger partial charge is 0.493 e. The molecule has 0 aliphatic heterocycles. The summed E-state index contributed by atoms with van der Waals surface area (Å²) in [6, 6.07) is 7.46. The van der Waals surface area contributed by atoms with E-state index in [1.165, 1.54) is 0 Å². The molecule has 1 amide bonds. The third-order valence-corrected chi connectivity index (χ3v) is 5.03. The van der Waals surface area contributed by atoms with Crippen LogP contribution < -0.4 is 15.2 Å². The van der Waals surface area contributed by atoms with Crippen molar-refractivity contribution in [2.45, 2.75) is 38.8 Å². The summed E-state index contributed by atoms with van der Waals surface area (Å²) in [6.07, 6.45) is 2.33. The van der Waals surface area contributed by atoms with Gasteiger partial charge in [-0.3, -0.25) is 4.79 Å². The average molecular weight is 377 g/mol. The highest BCUT2D eigenvalue weighted by Crippen LogP contribution is 2.27. The number of hydrogen-bond acceptors (Lipinski definition) is 5. The fourth-order valence-corrected chi connectivity index (χ4v) is 3.50. The maximum absolute atomic E-state index is 12.8. The first kappa shape index (κ1) is 20.3. The number of nitrogens with zero attached hydrogens (tertiary/aromatic N) is 1. The van der Waals surface area contributed by atoms with Gasteiger partial charge < -0.3 is 20.1 Å². The Morgan fingerprint density at radius 2 is 1.96 bits per heavy atom. The summed E-state index contributed by atoms with van der Waals surface area (Å²) in [4.78, 5) is 14.6. The van der Waals surface area contributed by atoms with Crippen LogP contribution in [0.5, 0.6) is 11.5 Å². The van der Waals surface area contributed by atoms with Crippen LogP contribution in [0, 0.1) is 0 Å². The van der Waals surface area contributed by atoms with E-state index in [4.69, 9.17) is 15.2 Å². The first-order chi connectivity index (χ1) is 12.6. The molecule has 0 spiro atoms. The van der Waals surface area contributed by atoms with E-state index in [2.05, 4.69) is 5.38 Å². The third-order valence-electron chi connectivity index (χ3n) is 4.30. The van der Waals surface area contributed by atoms with E-state index in [0.717, 1.165) is 24.0 Å². The third kappa shape index (κ3) is 5.47. The van der Waals surface area contributed by atoms with Crippen LogP contribution in [-0.4, -0.2) is 37.6 Å². The molecule has 2 rings (SSSR count). The van der Waals surface area contributed by atoms with Gasteiger partial charge in [0, 0.05) is 13.1 Å². The molecule has 1 aromatic heterocycles. The summed E-state index contributed by atoms with van der Waals surface area (Å²) in [5.74, 6) is 1.41. The van der Waals surface area contributed by atoms with E-state index in [0.29, 0.717) is 31.0 Å². The van der Waals surface area contributed by atoms with Crippen molar-refractivity contribution < 1.29 is 14.3 Å². The van der Waals surface area contributed by atoms with Gasteiger partial charge in [-0.15, -0.1) is 0 Å². The first-order valence-electron chi connectivity index (χ1n) is 8.85. The summed E-state index contributed by atoms with van der Waals surface area (Å²) >= 11 is 1.64. The molecule has 0 saturated heterocycles. The van der Waals surface area contributed by atoms with E-state index < -0.39 is 6.04 Å². The topological polar surface area (TPSA) is 64.8 Å². The Bertz CT molecular complexity index is 688. The van der Waals surface area contributed by atoms with Crippen molar-refractivity contribution in [3.8, 4) is 11.5 Å². The van der Waals surface area contributed by atoms with Gasteiger partial charge in [0.05, 0.1) is 20.3 Å². The van der Waals surface area contributed by atoms with Gasteiger partial charge in [-0.25, -0.2) is 0 Å². The van der Waals surface area contributed by atoms with Crippen LogP contribution in [0.25, 0.3) is 0 Å². The summed E-state index contributed by atoms with van der Waals surface area (Å²) < 4.78 is 10.6. The molecule has 0 saturated carbocycles. The second kappa shape index (κ2) is 10.2. The van der Waals surface area contributed by atoms with Gasteiger partial charge in [0.1, 0.15) is 0 Å². The Kier molecular flexibility index (Phi) is 7.94. The molecule has 1 atom stereocenters. The lowest BCUT2D eigenvalue weighted by atomic mass is 10.1. The van der Waals surface area contributed by atoms with E-state index in [-0.39, 0.29) is 5.91 Å². The van der Waals surface area contributed by atoms with Crippen LogP contribution in [0.15, 0.2) is 35.0 Å². The number of ether oxygens (including phenoxy) is 2. The van der Waals surface area contributed by atoms with Crippen molar-refractivity contribution in [1.82, 2.24) is 4.90 Å². The number of methoxy groups -OCH3 is 2. The maximum Gasteiger partial charge on any atom is 0.239 e. The number of nitrogens with two attached hydrogens (primary N) is 1. The summed E-state index contributed by atoms with van der Waals surface area (Å²) in [6.45, 7) is 3.24. The number of carbonyl (C=O) groups excluding carboxylic acids is 1. The Morgan fingerprint density at radius 3 is 2.58 bits per heavy atom. The molecule has 0 aliphatic rings. The van der Waals surface area contributed by atoms with Gasteiger partial charge in [-0.05, 0) is 52.9 Å². The molecule has 0 aliphatic carbocycles. The maximum atomic E-state index is 12.8. The normalized spacial score (nSPS) is 11.8. The zero-order chi connectivity index (χ0) is 18.9. The smallest absolute Gasteiger partial charge is 0.239 e. The lowest BCUT2D eigenvalue weighted by Crippen LogP contribution is -2.44. The fourth-order valence-electron chi connectivity index (χ4n) is 2.84. The van der Waals surface area contributed by atoms with E-state index in [1.54, 1.807) is 25.6 Å². The van der Waals surface area contributed by atoms with E-state index in [1.807, 2.05) is 41.5 Å². The van der Waals surface area contributed by atoms with Crippen LogP contribution in [0.3, 0.4) is 0 Å². The second-order valence-electron chi connectivity index (χ2n) is 6.23. The Labute approximate surface area is 159 Å². The SMILES string of the molecule is CCCC(N)C(=O)N(CCc1ccc(OC)c(OC)c1)Cc1ccsc1. The lowest BCUT2D eigenvalue weighted by Gasteiger charge is -2.25. The number of benzene rings is 1. The molecule has 26 heavy (non-hydrogen) atoms. The van der Waals surface area contributed by atoms with Gasteiger partial charge in [-0.1, -0.05) is 19.4 Å². The number of carbonyl (C=O) groups is 1. The summed E-state index contributed by atoms with van der Waals surface area (Å²) in [7, 11) is 3.24. The van der Waals surface area contributed by atoms with Crippen molar-refractivity contribution in [3.05, 3.63) is 46.2 Å². The predicted molar refractivity (Wildman–Crippen MR) is 106 cm³/mol. The lowest BCUT2D eigenvalue weighted by molar-refractivity contribution is -0.133. The molecule has 1 unspecified atom stereocenters. The fraction of sp³-hybridized carbons (Fsp3) is 0.450. The summed E-state index contributed by atoms with van der Waals surface area (Å²) in [5, 5.41) is 4.10. The minimum atomic E-state index is -0.441. The molecule has 1 aromatic carbocycles. The van der Waals surface area contributed by atoms with E-state index >= 15 is 0 Å². The van der Waals surface area contributed by atoms with Crippen LogP contribution >= 0.6 is 11.3 Å².